The first-order valence-electron chi connectivity index (χ1n) is 9.02. The minimum atomic E-state index is 0.671. The van der Waals surface area contributed by atoms with Gasteiger partial charge in [-0.25, -0.2) is 0 Å². The van der Waals surface area contributed by atoms with Crippen molar-refractivity contribution in [1.29, 1.82) is 0 Å². The molecule has 0 aliphatic carbocycles. The zero-order chi connectivity index (χ0) is 16.8. The number of fused-ring (bicyclic) bond motifs is 1. The highest BCUT2D eigenvalue weighted by molar-refractivity contribution is 5.81. The summed E-state index contributed by atoms with van der Waals surface area (Å²) in [5.74, 6) is 0. The van der Waals surface area contributed by atoms with E-state index < -0.39 is 0 Å². The summed E-state index contributed by atoms with van der Waals surface area (Å²) in [5.41, 5.74) is 2.48. The number of nitrogens with zero attached hydrogens (tertiary/aromatic N) is 3. The van der Waals surface area contributed by atoms with E-state index in [-0.39, 0.29) is 0 Å². The van der Waals surface area contributed by atoms with E-state index in [1.165, 1.54) is 36.9 Å². The predicted molar refractivity (Wildman–Crippen MR) is 99.2 cm³/mol. The second-order valence-electron chi connectivity index (χ2n) is 6.84. The number of likely N-dealkylation sites (tertiary alicyclic amines) is 1. The predicted octanol–water partition coefficient (Wildman–Crippen LogP) is 3.17. The van der Waals surface area contributed by atoms with Crippen molar-refractivity contribution in [3.63, 3.8) is 0 Å². The molecule has 2 heterocycles. The number of aromatic nitrogens is 1. The Kier molecular flexibility index (Phi) is 6.18. The molecule has 1 aromatic heterocycles. The zero-order valence-corrected chi connectivity index (χ0v) is 14.9. The highest BCUT2D eigenvalue weighted by Crippen LogP contribution is 2.23. The molecule has 0 bridgehead atoms. The van der Waals surface area contributed by atoms with Crippen molar-refractivity contribution >= 4 is 10.9 Å². The minimum absolute atomic E-state index is 0.671. The number of hydrogen-bond acceptors (Lipinski definition) is 4. The molecular formula is C20H29N3O. The third-order valence-corrected chi connectivity index (χ3v) is 5.11. The van der Waals surface area contributed by atoms with Gasteiger partial charge in [-0.3, -0.25) is 9.88 Å². The van der Waals surface area contributed by atoms with Gasteiger partial charge in [-0.15, -0.1) is 0 Å². The molecule has 24 heavy (non-hydrogen) atoms. The van der Waals surface area contributed by atoms with E-state index in [0.717, 1.165) is 31.6 Å². The lowest BCUT2D eigenvalue weighted by Gasteiger charge is -2.37. The van der Waals surface area contributed by atoms with E-state index in [4.69, 9.17) is 4.74 Å². The summed E-state index contributed by atoms with van der Waals surface area (Å²) in [6.07, 6.45) is 5.48. The Morgan fingerprint density at radius 3 is 2.83 bits per heavy atom. The van der Waals surface area contributed by atoms with Crippen LogP contribution in [0.25, 0.3) is 10.9 Å². The fourth-order valence-corrected chi connectivity index (χ4v) is 3.69. The maximum absolute atomic E-state index is 5.27. The second kappa shape index (κ2) is 8.56. The van der Waals surface area contributed by atoms with E-state index in [1.807, 2.05) is 12.3 Å². The van der Waals surface area contributed by atoms with Crippen molar-refractivity contribution in [2.24, 2.45) is 0 Å². The van der Waals surface area contributed by atoms with Crippen LogP contribution >= 0.6 is 0 Å². The number of hydrogen-bond donors (Lipinski definition) is 0. The molecule has 0 amide bonds. The average molecular weight is 327 g/mol. The van der Waals surface area contributed by atoms with Crippen LogP contribution in [0.2, 0.25) is 0 Å². The Hall–Kier alpha value is -1.49. The molecule has 2 aromatic rings. The second-order valence-corrected chi connectivity index (χ2v) is 6.84. The van der Waals surface area contributed by atoms with E-state index in [9.17, 15) is 0 Å². The van der Waals surface area contributed by atoms with Crippen LogP contribution in [0, 0.1) is 0 Å². The number of ether oxygens (including phenoxy) is 1. The van der Waals surface area contributed by atoms with Crippen LogP contribution in [0.3, 0.4) is 0 Å². The molecule has 4 heteroatoms. The number of rotatable bonds is 7. The minimum Gasteiger partial charge on any atom is -0.385 e. The summed E-state index contributed by atoms with van der Waals surface area (Å²) in [4.78, 5) is 9.60. The fraction of sp³-hybridized carbons (Fsp3) is 0.550. The number of methoxy groups -OCH3 is 1. The summed E-state index contributed by atoms with van der Waals surface area (Å²) >= 11 is 0. The van der Waals surface area contributed by atoms with E-state index in [2.05, 4.69) is 46.1 Å². The van der Waals surface area contributed by atoms with Crippen molar-refractivity contribution in [3.05, 3.63) is 42.1 Å². The average Bonchev–Trinajstić information content (AvgIpc) is 2.62. The van der Waals surface area contributed by atoms with Gasteiger partial charge in [0.15, 0.2) is 0 Å². The van der Waals surface area contributed by atoms with Gasteiger partial charge in [0.05, 0.1) is 5.52 Å². The molecule has 0 unspecified atom stereocenters. The van der Waals surface area contributed by atoms with Gasteiger partial charge in [0, 0.05) is 44.4 Å². The quantitative estimate of drug-likeness (QED) is 0.730. The molecule has 1 aromatic carbocycles. The molecule has 0 radical (unpaired) electrons. The fourth-order valence-electron chi connectivity index (χ4n) is 3.69. The van der Waals surface area contributed by atoms with Gasteiger partial charge in [0.2, 0.25) is 0 Å². The summed E-state index contributed by atoms with van der Waals surface area (Å²) < 4.78 is 5.27. The largest absolute Gasteiger partial charge is 0.385 e. The van der Waals surface area contributed by atoms with Crippen molar-refractivity contribution in [1.82, 2.24) is 14.8 Å². The van der Waals surface area contributed by atoms with Crippen LogP contribution in [0.1, 0.15) is 24.8 Å². The molecule has 0 saturated carbocycles. The van der Waals surface area contributed by atoms with Crippen LogP contribution in [0.4, 0.5) is 0 Å². The molecule has 1 fully saturated rings. The van der Waals surface area contributed by atoms with Crippen LogP contribution in [0.15, 0.2) is 36.5 Å². The lowest BCUT2D eigenvalue weighted by atomic mass is 10.0. The van der Waals surface area contributed by atoms with E-state index in [1.54, 1.807) is 7.11 Å². The van der Waals surface area contributed by atoms with Gasteiger partial charge in [0.1, 0.15) is 0 Å². The van der Waals surface area contributed by atoms with E-state index >= 15 is 0 Å². The number of benzene rings is 1. The SMILES string of the molecule is COCCCN(Cc1cccc2ncccc12)C1CCN(C)CC1. The van der Waals surface area contributed by atoms with Crippen LogP contribution < -0.4 is 0 Å². The standard InChI is InChI=1S/C20H29N3O/c1-22-13-9-18(10-14-22)23(12-5-15-24-2)16-17-6-3-8-20-19(17)7-4-11-21-20/h3-4,6-8,11,18H,5,9-10,12-16H2,1-2H3. The topological polar surface area (TPSA) is 28.6 Å². The molecule has 0 N–H and O–H groups in total. The Balaban J connectivity index is 1.77. The summed E-state index contributed by atoms with van der Waals surface area (Å²) in [6, 6.07) is 11.4. The van der Waals surface area contributed by atoms with Crippen LogP contribution in [-0.2, 0) is 11.3 Å². The Morgan fingerprint density at radius 2 is 2.04 bits per heavy atom. The first kappa shape index (κ1) is 17.3. The smallest absolute Gasteiger partial charge is 0.0705 e. The van der Waals surface area contributed by atoms with Crippen molar-refractivity contribution in [3.8, 4) is 0 Å². The first-order chi connectivity index (χ1) is 11.8. The van der Waals surface area contributed by atoms with Crippen LogP contribution in [-0.4, -0.2) is 61.2 Å². The van der Waals surface area contributed by atoms with Crippen LogP contribution in [0.5, 0.6) is 0 Å². The normalized spacial score (nSPS) is 17.0. The highest BCUT2D eigenvalue weighted by atomic mass is 16.5. The van der Waals surface area contributed by atoms with Gasteiger partial charge >= 0.3 is 0 Å². The van der Waals surface area contributed by atoms with Crippen molar-refractivity contribution in [2.45, 2.75) is 31.8 Å². The molecule has 1 aliphatic rings. The van der Waals surface area contributed by atoms with Gasteiger partial charge < -0.3 is 9.64 Å². The Morgan fingerprint density at radius 1 is 1.21 bits per heavy atom. The zero-order valence-electron chi connectivity index (χ0n) is 14.9. The molecule has 0 spiro atoms. The lowest BCUT2D eigenvalue weighted by Crippen LogP contribution is -2.44. The molecule has 0 atom stereocenters. The molecule has 3 rings (SSSR count). The summed E-state index contributed by atoms with van der Waals surface area (Å²) in [7, 11) is 4.01. The van der Waals surface area contributed by atoms with Gasteiger partial charge in [-0.2, -0.15) is 0 Å². The number of piperidine rings is 1. The highest BCUT2D eigenvalue weighted by Gasteiger charge is 2.23. The molecular weight excluding hydrogens is 298 g/mol. The Bertz CT molecular complexity index is 632. The van der Waals surface area contributed by atoms with Gasteiger partial charge in [-0.1, -0.05) is 18.2 Å². The summed E-state index contributed by atoms with van der Waals surface area (Å²) in [6.45, 7) is 5.32. The maximum Gasteiger partial charge on any atom is 0.0705 e. The van der Waals surface area contributed by atoms with Crippen molar-refractivity contribution in [2.75, 3.05) is 40.4 Å². The third-order valence-electron chi connectivity index (χ3n) is 5.11. The Labute approximate surface area is 145 Å². The molecule has 4 nitrogen and oxygen atoms in total. The third kappa shape index (κ3) is 4.32. The number of pyridine rings is 1. The van der Waals surface area contributed by atoms with Gasteiger partial charge in [0.25, 0.3) is 0 Å². The first-order valence-corrected chi connectivity index (χ1v) is 9.02. The summed E-state index contributed by atoms with van der Waals surface area (Å²) in [5, 5.41) is 1.28. The lowest BCUT2D eigenvalue weighted by molar-refractivity contribution is 0.100. The molecule has 1 aliphatic heterocycles. The monoisotopic (exact) mass is 327 g/mol. The van der Waals surface area contributed by atoms with Gasteiger partial charge in [-0.05, 0) is 57.1 Å². The maximum atomic E-state index is 5.27. The van der Waals surface area contributed by atoms with E-state index in [0.29, 0.717) is 6.04 Å². The molecule has 1 saturated heterocycles. The van der Waals surface area contributed by atoms with Crippen molar-refractivity contribution < 1.29 is 4.74 Å². The molecule has 130 valence electrons.